The van der Waals surface area contributed by atoms with Crippen molar-refractivity contribution in [2.75, 3.05) is 0 Å². The van der Waals surface area contributed by atoms with Gasteiger partial charge in [0.25, 0.3) is 9.05 Å². The van der Waals surface area contributed by atoms with Crippen LogP contribution in [0.2, 0.25) is 10.0 Å². The maximum absolute atomic E-state index is 10.9. The molecular weight excluding hydrogens is 255 g/mol. The van der Waals surface area contributed by atoms with E-state index in [0.717, 1.165) is 0 Å². The fourth-order valence-electron chi connectivity index (χ4n) is 0.817. The zero-order valence-electron chi connectivity index (χ0n) is 6.51. The predicted octanol–water partition coefficient (Wildman–Crippen LogP) is 3.23. The Morgan fingerprint density at radius 2 is 1.69 bits per heavy atom. The second-order valence-electron chi connectivity index (χ2n) is 2.45. The summed E-state index contributed by atoms with van der Waals surface area (Å²) in [5.41, 5.74) is 0.704. The Balaban J connectivity index is 3.53. The number of benzene rings is 1. The lowest BCUT2D eigenvalue weighted by Crippen LogP contribution is -1.93. The third kappa shape index (κ3) is 2.29. The van der Waals surface area contributed by atoms with E-state index in [0.29, 0.717) is 5.56 Å². The van der Waals surface area contributed by atoms with E-state index in [1.54, 1.807) is 13.0 Å². The van der Waals surface area contributed by atoms with Crippen LogP contribution in [-0.4, -0.2) is 8.42 Å². The molecule has 1 rings (SSSR count). The predicted molar refractivity (Wildman–Crippen MR) is 54.2 cm³/mol. The Morgan fingerprint density at radius 3 is 2.15 bits per heavy atom. The molecule has 0 spiro atoms. The van der Waals surface area contributed by atoms with Gasteiger partial charge in [-0.25, -0.2) is 8.42 Å². The van der Waals surface area contributed by atoms with Crippen molar-refractivity contribution < 1.29 is 8.42 Å². The van der Waals surface area contributed by atoms with Gasteiger partial charge in [-0.15, -0.1) is 0 Å². The molecule has 0 saturated carbocycles. The van der Waals surface area contributed by atoms with E-state index in [-0.39, 0.29) is 14.9 Å². The molecule has 0 aromatic heterocycles. The average Bonchev–Trinajstić information content (AvgIpc) is 1.98. The van der Waals surface area contributed by atoms with Crippen LogP contribution in [0.5, 0.6) is 0 Å². The molecule has 0 amide bonds. The normalized spacial score (nSPS) is 11.7. The van der Waals surface area contributed by atoms with Crippen molar-refractivity contribution in [3.8, 4) is 0 Å². The highest BCUT2D eigenvalue weighted by atomic mass is 35.7. The van der Waals surface area contributed by atoms with Crippen LogP contribution in [0.1, 0.15) is 5.56 Å². The standard InChI is InChI=1S/C7H5Cl3O2S/c1-4-2-3-5(13(10,11)12)7(9)6(4)8/h2-3H,1H3. The molecule has 0 fully saturated rings. The Morgan fingerprint density at radius 1 is 1.15 bits per heavy atom. The van der Waals surface area contributed by atoms with E-state index in [1.165, 1.54) is 6.07 Å². The molecule has 0 unspecified atom stereocenters. The Hall–Kier alpha value is 0.0400. The molecule has 13 heavy (non-hydrogen) atoms. The van der Waals surface area contributed by atoms with Crippen molar-refractivity contribution in [2.45, 2.75) is 11.8 Å². The first kappa shape index (κ1) is 11.1. The Labute approximate surface area is 90.8 Å². The van der Waals surface area contributed by atoms with E-state index >= 15 is 0 Å². The van der Waals surface area contributed by atoms with Crippen molar-refractivity contribution >= 4 is 42.9 Å². The molecule has 0 heterocycles. The molecule has 0 bridgehead atoms. The molecule has 1 aromatic rings. The summed E-state index contributed by atoms with van der Waals surface area (Å²) in [7, 11) is 1.30. The molecule has 0 radical (unpaired) electrons. The number of aryl methyl sites for hydroxylation is 1. The van der Waals surface area contributed by atoms with Gasteiger partial charge in [0.15, 0.2) is 0 Å². The fourth-order valence-corrected chi connectivity index (χ4v) is 2.61. The number of hydrogen-bond donors (Lipinski definition) is 0. The van der Waals surface area contributed by atoms with Gasteiger partial charge in [-0.3, -0.25) is 0 Å². The van der Waals surface area contributed by atoms with Crippen molar-refractivity contribution in [3.63, 3.8) is 0 Å². The second-order valence-corrected chi connectivity index (χ2v) is 5.74. The summed E-state index contributed by atoms with van der Waals surface area (Å²) in [4.78, 5) is -0.161. The first-order valence-corrected chi connectivity index (χ1v) is 6.30. The van der Waals surface area contributed by atoms with Crippen LogP contribution in [-0.2, 0) is 9.05 Å². The van der Waals surface area contributed by atoms with Crippen molar-refractivity contribution in [2.24, 2.45) is 0 Å². The van der Waals surface area contributed by atoms with Gasteiger partial charge in [0.2, 0.25) is 0 Å². The van der Waals surface area contributed by atoms with Gasteiger partial charge < -0.3 is 0 Å². The van der Waals surface area contributed by atoms with Gasteiger partial charge in [0.05, 0.1) is 10.0 Å². The third-order valence-electron chi connectivity index (χ3n) is 1.50. The van der Waals surface area contributed by atoms with Gasteiger partial charge >= 0.3 is 0 Å². The topological polar surface area (TPSA) is 34.1 Å². The van der Waals surface area contributed by atoms with Crippen LogP contribution >= 0.6 is 33.9 Å². The summed E-state index contributed by atoms with van der Waals surface area (Å²) < 4.78 is 21.9. The highest BCUT2D eigenvalue weighted by Gasteiger charge is 2.17. The molecular formula is C7H5Cl3O2S. The maximum Gasteiger partial charge on any atom is 0.262 e. The average molecular weight is 260 g/mol. The molecule has 0 N–H and O–H groups in total. The summed E-state index contributed by atoms with van der Waals surface area (Å²) in [5.74, 6) is 0. The summed E-state index contributed by atoms with van der Waals surface area (Å²) in [6, 6.07) is 2.87. The molecule has 0 saturated heterocycles. The van der Waals surface area contributed by atoms with Crippen LogP contribution in [0.15, 0.2) is 17.0 Å². The van der Waals surface area contributed by atoms with Gasteiger partial charge in [-0.2, -0.15) is 0 Å². The maximum atomic E-state index is 10.9. The lowest BCUT2D eigenvalue weighted by Gasteiger charge is -2.04. The minimum atomic E-state index is -3.82. The SMILES string of the molecule is Cc1ccc(S(=O)(=O)Cl)c(Cl)c1Cl. The third-order valence-corrected chi connectivity index (χ3v) is 3.96. The summed E-state index contributed by atoms with van der Waals surface area (Å²) in [6.07, 6.45) is 0. The van der Waals surface area contributed by atoms with Gasteiger partial charge in [0.1, 0.15) is 4.90 Å². The molecule has 0 atom stereocenters. The molecule has 6 heteroatoms. The van der Waals surface area contributed by atoms with E-state index in [4.69, 9.17) is 33.9 Å². The van der Waals surface area contributed by atoms with Crippen molar-refractivity contribution in [1.82, 2.24) is 0 Å². The largest absolute Gasteiger partial charge is 0.262 e. The lowest BCUT2D eigenvalue weighted by atomic mass is 10.2. The minimum absolute atomic E-state index is 0.0309. The van der Waals surface area contributed by atoms with Crippen LogP contribution in [0.25, 0.3) is 0 Å². The smallest absolute Gasteiger partial charge is 0.207 e. The quantitative estimate of drug-likeness (QED) is 0.726. The van der Waals surface area contributed by atoms with Gasteiger partial charge in [-0.1, -0.05) is 29.3 Å². The first-order valence-electron chi connectivity index (χ1n) is 3.23. The lowest BCUT2D eigenvalue weighted by molar-refractivity contribution is 0.609. The van der Waals surface area contributed by atoms with E-state index in [9.17, 15) is 8.42 Å². The van der Waals surface area contributed by atoms with Crippen LogP contribution in [0, 0.1) is 6.92 Å². The number of rotatable bonds is 1. The van der Waals surface area contributed by atoms with Crippen LogP contribution in [0.3, 0.4) is 0 Å². The van der Waals surface area contributed by atoms with E-state index in [2.05, 4.69) is 0 Å². The van der Waals surface area contributed by atoms with Crippen LogP contribution in [0.4, 0.5) is 0 Å². The molecule has 72 valence electrons. The van der Waals surface area contributed by atoms with E-state index in [1.807, 2.05) is 0 Å². The zero-order chi connectivity index (χ0) is 10.2. The Kier molecular flexibility index (Phi) is 3.12. The number of hydrogen-bond acceptors (Lipinski definition) is 2. The summed E-state index contributed by atoms with van der Waals surface area (Å²) in [5, 5.41) is 0.181. The number of halogens is 3. The molecule has 2 nitrogen and oxygen atoms in total. The second kappa shape index (κ2) is 3.65. The van der Waals surface area contributed by atoms with Gasteiger partial charge in [-0.05, 0) is 18.6 Å². The molecule has 0 aliphatic carbocycles. The highest BCUT2D eigenvalue weighted by molar-refractivity contribution is 8.13. The highest BCUT2D eigenvalue weighted by Crippen LogP contribution is 2.33. The van der Waals surface area contributed by atoms with E-state index < -0.39 is 9.05 Å². The fraction of sp³-hybridized carbons (Fsp3) is 0.143. The van der Waals surface area contributed by atoms with Crippen LogP contribution < -0.4 is 0 Å². The Bertz CT molecular complexity index is 439. The molecule has 0 aliphatic heterocycles. The summed E-state index contributed by atoms with van der Waals surface area (Å²) >= 11 is 11.4. The van der Waals surface area contributed by atoms with Crippen molar-refractivity contribution in [3.05, 3.63) is 27.7 Å². The first-order chi connectivity index (χ1) is 5.84. The molecule has 1 aromatic carbocycles. The molecule has 0 aliphatic rings. The monoisotopic (exact) mass is 258 g/mol. The van der Waals surface area contributed by atoms with Gasteiger partial charge in [0, 0.05) is 10.7 Å². The minimum Gasteiger partial charge on any atom is -0.207 e. The zero-order valence-corrected chi connectivity index (χ0v) is 9.60. The summed E-state index contributed by atoms with van der Waals surface area (Å²) in [6.45, 7) is 1.72. The van der Waals surface area contributed by atoms with Crippen molar-refractivity contribution in [1.29, 1.82) is 0 Å².